The minimum Gasteiger partial charge on any atom is -0.254 e. The van der Waals surface area contributed by atoms with Crippen molar-refractivity contribution >= 4 is 23.2 Å². The third-order valence-electron chi connectivity index (χ3n) is 1.86. The third-order valence-corrected chi connectivity index (χ3v) is 2.42. The zero-order valence-corrected chi connectivity index (χ0v) is 8.68. The molecule has 1 aromatic carbocycles. The number of aromatic nitrogens is 1. The first-order valence-electron chi connectivity index (χ1n) is 4.05. The molecular weight excluding hydrogens is 217 g/mol. The second kappa shape index (κ2) is 3.99. The smallest absolute Gasteiger partial charge is 0.0886 e. The standard InChI is InChI=1S/C11H6Cl2N/c12-9-3-4-11(13)10(6-9)8-2-1-5-14-7-8/h1-4,6-7H. The molecule has 2 aromatic rings. The predicted octanol–water partition coefficient (Wildman–Crippen LogP) is 3.86. The Morgan fingerprint density at radius 1 is 1.14 bits per heavy atom. The monoisotopic (exact) mass is 222 g/mol. The number of hydrogen-bond acceptors (Lipinski definition) is 1. The van der Waals surface area contributed by atoms with Crippen molar-refractivity contribution in [2.75, 3.05) is 0 Å². The molecule has 1 heterocycles. The number of halogens is 2. The van der Waals surface area contributed by atoms with Gasteiger partial charge in [0.25, 0.3) is 0 Å². The number of pyridine rings is 1. The van der Waals surface area contributed by atoms with Crippen molar-refractivity contribution in [1.82, 2.24) is 4.98 Å². The molecule has 0 saturated carbocycles. The van der Waals surface area contributed by atoms with Crippen molar-refractivity contribution in [1.29, 1.82) is 0 Å². The molecule has 0 spiro atoms. The van der Waals surface area contributed by atoms with Gasteiger partial charge in [0.2, 0.25) is 0 Å². The highest BCUT2D eigenvalue weighted by molar-refractivity contribution is 6.35. The van der Waals surface area contributed by atoms with Crippen LogP contribution in [-0.4, -0.2) is 4.98 Å². The van der Waals surface area contributed by atoms with Crippen LogP contribution in [0.4, 0.5) is 0 Å². The van der Waals surface area contributed by atoms with Crippen molar-refractivity contribution < 1.29 is 0 Å². The van der Waals surface area contributed by atoms with E-state index in [-0.39, 0.29) is 0 Å². The van der Waals surface area contributed by atoms with Gasteiger partial charge in [-0.25, -0.2) is 0 Å². The first-order valence-corrected chi connectivity index (χ1v) is 4.80. The Labute approximate surface area is 92.3 Å². The van der Waals surface area contributed by atoms with Crippen LogP contribution in [0, 0.1) is 6.20 Å². The van der Waals surface area contributed by atoms with E-state index in [1.165, 1.54) is 0 Å². The first-order chi connectivity index (χ1) is 6.77. The average Bonchev–Trinajstić information content (AvgIpc) is 2.23. The van der Waals surface area contributed by atoms with E-state index in [2.05, 4.69) is 11.2 Å². The van der Waals surface area contributed by atoms with Gasteiger partial charge >= 0.3 is 0 Å². The lowest BCUT2D eigenvalue weighted by atomic mass is 10.1. The van der Waals surface area contributed by atoms with Crippen LogP contribution in [0.25, 0.3) is 11.1 Å². The molecule has 0 atom stereocenters. The Hall–Kier alpha value is -1.05. The van der Waals surface area contributed by atoms with Gasteiger partial charge in [-0.2, -0.15) is 0 Å². The van der Waals surface area contributed by atoms with Gasteiger partial charge < -0.3 is 0 Å². The minimum atomic E-state index is 0.664. The molecule has 0 aliphatic rings. The summed E-state index contributed by atoms with van der Waals surface area (Å²) in [6, 6.07) is 8.99. The van der Waals surface area contributed by atoms with Crippen LogP contribution in [0.2, 0.25) is 10.0 Å². The van der Waals surface area contributed by atoms with Gasteiger partial charge in [-0.3, -0.25) is 4.98 Å². The van der Waals surface area contributed by atoms with Gasteiger partial charge in [0.1, 0.15) is 0 Å². The Morgan fingerprint density at radius 2 is 2.00 bits per heavy atom. The van der Waals surface area contributed by atoms with E-state index >= 15 is 0 Å². The van der Waals surface area contributed by atoms with Crippen LogP contribution >= 0.6 is 23.2 Å². The zero-order valence-electron chi connectivity index (χ0n) is 7.17. The minimum absolute atomic E-state index is 0.664. The normalized spacial score (nSPS) is 10.1. The zero-order chi connectivity index (χ0) is 9.97. The first kappa shape index (κ1) is 9.50. The quantitative estimate of drug-likeness (QED) is 0.715. The molecule has 0 aliphatic heterocycles. The summed E-state index contributed by atoms with van der Waals surface area (Å²) in [5.41, 5.74) is 1.83. The van der Waals surface area contributed by atoms with E-state index in [4.69, 9.17) is 23.2 Å². The number of hydrogen-bond donors (Lipinski definition) is 0. The summed E-state index contributed by atoms with van der Waals surface area (Å²) >= 11 is 11.9. The molecule has 69 valence electrons. The molecule has 0 amide bonds. The van der Waals surface area contributed by atoms with Crippen LogP contribution in [-0.2, 0) is 0 Å². The third kappa shape index (κ3) is 1.89. The Kier molecular flexibility index (Phi) is 2.71. The molecule has 1 aromatic heterocycles. The molecule has 1 nitrogen and oxygen atoms in total. The highest BCUT2D eigenvalue weighted by Crippen LogP contribution is 2.29. The fraction of sp³-hybridized carbons (Fsp3) is 0. The molecule has 0 unspecified atom stereocenters. The Balaban J connectivity index is 2.57. The lowest BCUT2D eigenvalue weighted by Gasteiger charge is -2.03. The summed E-state index contributed by atoms with van der Waals surface area (Å²) in [7, 11) is 0. The van der Waals surface area contributed by atoms with Gasteiger partial charge in [-0.05, 0) is 24.3 Å². The summed E-state index contributed by atoms with van der Waals surface area (Å²) in [5, 5.41) is 1.33. The second-order valence-corrected chi connectivity index (χ2v) is 3.64. The van der Waals surface area contributed by atoms with E-state index < -0.39 is 0 Å². The highest BCUT2D eigenvalue weighted by Gasteiger charge is 2.03. The van der Waals surface area contributed by atoms with Crippen LogP contribution in [0.3, 0.4) is 0 Å². The van der Waals surface area contributed by atoms with E-state index in [0.717, 1.165) is 11.1 Å². The molecule has 0 fully saturated rings. The SMILES string of the molecule is Clc1ccc(Cl)c(-c2cc[c]nc2)c1. The molecule has 0 N–H and O–H groups in total. The number of benzene rings is 1. The van der Waals surface area contributed by atoms with Crippen molar-refractivity contribution in [3.05, 3.63) is 52.8 Å². The maximum absolute atomic E-state index is 6.03. The fourth-order valence-corrected chi connectivity index (χ4v) is 1.60. The summed E-state index contributed by atoms with van der Waals surface area (Å²) in [4.78, 5) is 3.91. The van der Waals surface area contributed by atoms with Gasteiger partial charge in [0.15, 0.2) is 0 Å². The van der Waals surface area contributed by atoms with Crippen molar-refractivity contribution in [3.63, 3.8) is 0 Å². The molecule has 3 heteroatoms. The van der Waals surface area contributed by atoms with Crippen molar-refractivity contribution in [2.24, 2.45) is 0 Å². The summed E-state index contributed by atoms with van der Waals surface area (Å²) in [6.07, 6.45) is 4.42. The Bertz CT molecular complexity index is 440. The van der Waals surface area contributed by atoms with Crippen LogP contribution in [0.5, 0.6) is 0 Å². The molecule has 0 aliphatic carbocycles. The predicted molar refractivity (Wildman–Crippen MR) is 58.5 cm³/mol. The lowest BCUT2D eigenvalue weighted by molar-refractivity contribution is 1.31. The molecule has 1 radical (unpaired) electrons. The Morgan fingerprint density at radius 3 is 2.71 bits per heavy atom. The largest absolute Gasteiger partial charge is 0.254 e. The van der Waals surface area contributed by atoms with Crippen LogP contribution in [0.15, 0.2) is 36.5 Å². The molecule has 14 heavy (non-hydrogen) atoms. The topological polar surface area (TPSA) is 12.9 Å². The van der Waals surface area contributed by atoms with E-state index in [0.29, 0.717) is 10.0 Å². The maximum atomic E-state index is 6.03. The molecular formula is C11H6Cl2N. The van der Waals surface area contributed by atoms with Gasteiger partial charge in [-0.1, -0.05) is 29.3 Å². The maximum Gasteiger partial charge on any atom is 0.0886 e. The highest BCUT2D eigenvalue weighted by atomic mass is 35.5. The van der Waals surface area contributed by atoms with E-state index in [1.807, 2.05) is 12.1 Å². The van der Waals surface area contributed by atoms with E-state index in [9.17, 15) is 0 Å². The average molecular weight is 223 g/mol. The second-order valence-electron chi connectivity index (χ2n) is 2.80. The van der Waals surface area contributed by atoms with Gasteiger partial charge in [0.05, 0.1) is 6.20 Å². The van der Waals surface area contributed by atoms with Gasteiger partial charge in [-0.15, -0.1) is 0 Å². The number of nitrogens with zero attached hydrogens (tertiary/aromatic N) is 1. The van der Waals surface area contributed by atoms with Crippen molar-refractivity contribution in [3.8, 4) is 11.1 Å². The lowest BCUT2D eigenvalue weighted by Crippen LogP contribution is -1.80. The molecule has 2 rings (SSSR count). The van der Waals surface area contributed by atoms with Gasteiger partial charge in [0, 0.05) is 27.4 Å². The van der Waals surface area contributed by atoms with Crippen LogP contribution in [0.1, 0.15) is 0 Å². The summed E-state index contributed by atoms with van der Waals surface area (Å²) in [6.45, 7) is 0. The van der Waals surface area contributed by atoms with Crippen LogP contribution < -0.4 is 0 Å². The fourth-order valence-electron chi connectivity index (χ4n) is 1.20. The number of rotatable bonds is 1. The molecule has 0 saturated heterocycles. The van der Waals surface area contributed by atoms with E-state index in [1.54, 1.807) is 24.4 Å². The van der Waals surface area contributed by atoms with Crippen molar-refractivity contribution in [2.45, 2.75) is 0 Å². The summed E-state index contributed by atoms with van der Waals surface area (Å²) in [5.74, 6) is 0. The molecule has 0 bridgehead atoms. The summed E-state index contributed by atoms with van der Waals surface area (Å²) < 4.78 is 0.